The van der Waals surface area contributed by atoms with Crippen molar-refractivity contribution in [2.75, 3.05) is 44.8 Å². The summed E-state index contributed by atoms with van der Waals surface area (Å²) in [6.07, 6.45) is 5.69. The number of amides is 2. The van der Waals surface area contributed by atoms with Crippen LogP contribution in [0.3, 0.4) is 0 Å². The lowest BCUT2D eigenvalue weighted by Gasteiger charge is -2.26. The highest BCUT2D eigenvalue weighted by atomic mass is 16.6. The maximum atomic E-state index is 14.0. The highest BCUT2D eigenvalue weighted by Gasteiger charge is 2.50. The van der Waals surface area contributed by atoms with Gasteiger partial charge in [0, 0.05) is 43.5 Å². The van der Waals surface area contributed by atoms with Crippen LogP contribution >= 0.6 is 0 Å². The summed E-state index contributed by atoms with van der Waals surface area (Å²) in [5, 5.41) is 5.76. The first-order valence-corrected chi connectivity index (χ1v) is 15.8. The van der Waals surface area contributed by atoms with E-state index in [0.29, 0.717) is 45.2 Å². The lowest BCUT2D eigenvalue weighted by molar-refractivity contribution is -0.134. The molecule has 4 unspecified atom stereocenters. The maximum Gasteiger partial charge on any atom is 0.228 e. The van der Waals surface area contributed by atoms with Gasteiger partial charge >= 0.3 is 0 Å². The van der Waals surface area contributed by atoms with Crippen LogP contribution in [0.1, 0.15) is 69.9 Å². The Morgan fingerprint density at radius 1 is 1.12 bits per heavy atom. The second-order valence-corrected chi connectivity index (χ2v) is 13.2. The molecule has 43 heavy (non-hydrogen) atoms. The fourth-order valence-electron chi connectivity index (χ4n) is 6.71. The second kappa shape index (κ2) is 13.8. The Hall–Kier alpha value is -2.95. The van der Waals surface area contributed by atoms with E-state index in [-0.39, 0.29) is 61.4 Å². The van der Waals surface area contributed by atoms with Gasteiger partial charge in [0.05, 0.1) is 38.8 Å². The summed E-state index contributed by atoms with van der Waals surface area (Å²) < 4.78 is 10.8. The molecule has 0 radical (unpaired) electrons. The number of nitrogens with one attached hydrogen (secondary N) is 2. The van der Waals surface area contributed by atoms with Crippen molar-refractivity contribution in [3.8, 4) is 0 Å². The number of fused-ring (bicyclic) bond motifs is 1. The van der Waals surface area contributed by atoms with Crippen molar-refractivity contribution in [3.05, 3.63) is 29.3 Å². The Labute approximate surface area is 253 Å². The van der Waals surface area contributed by atoms with Crippen LogP contribution in [-0.2, 0) is 46.3 Å². The second-order valence-electron chi connectivity index (χ2n) is 13.2. The lowest BCUT2D eigenvalue weighted by Crippen LogP contribution is -2.46. The molecule has 1 aliphatic carbocycles. The molecule has 4 atom stereocenters. The van der Waals surface area contributed by atoms with Gasteiger partial charge in [-0.25, -0.2) is 0 Å². The standard InChI is InChI=1S/C33H45N3O7/c1-21(13-26(37)19-36-9-11-42-12-10-36)32(41)35-28(16-23-7-8-27-24(15-23)18-30(39)34-27)29(38)17-25(14-22-5-3-4-6-22)31(40)33(2)20-43-33/h7-8,15,21-22,25,28H,3-6,9-14,16-20H2,1-2H3,(H,34,39)(H,35,41). The zero-order chi connectivity index (χ0) is 30.6. The molecular weight excluding hydrogens is 550 g/mol. The molecule has 2 saturated heterocycles. The van der Waals surface area contributed by atoms with E-state index in [1.165, 1.54) is 0 Å². The van der Waals surface area contributed by atoms with Crippen molar-refractivity contribution in [1.29, 1.82) is 0 Å². The summed E-state index contributed by atoms with van der Waals surface area (Å²) in [6.45, 7) is 6.71. The Morgan fingerprint density at radius 2 is 1.84 bits per heavy atom. The van der Waals surface area contributed by atoms with Crippen molar-refractivity contribution in [2.24, 2.45) is 17.8 Å². The molecule has 10 heteroatoms. The minimum Gasteiger partial charge on any atom is -0.379 e. The minimum atomic E-state index is -0.862. The average molecular weight is 596 g/mol. The van der Waals surface area contributed by atoms with Crippen molar-refractivity contribution < 1.29 is 33.4 Å². The van der Waals surface area contributed by atoms with Gasteiger partial charge in [-0.05, 0) is 42.9 Å². The fraction of sp³-hybridized carbons (Fsp3) is 0.667. The Balaban J connectivity index is 1.28. The van der Waals surface area contributed by atoms with Crippen LogP contribution < -0.4 is 10.6 Å². The molecule has 0 bridgehead atoms. The Morgan fingerprint density at radius 3 is 2.53 bits per heavy atom. The summed E-state index contributed by atoms with van der Waals surface area (Å²) in [5.74, 6) is -1.34. The molecule has 0 aromatic heterocycles. The van der Waals surface area contributed by atoms with E-state index in [1.807, 2.05) is 23.1 Å². The zero-order valence-electron chi connectivity index (χ0n) is 25.5. The highest BCUT2D eigenvalue weighted by molar-refractivity contribution is 5.99. The van der Waals surface area contributed by atoms with E-state index in [0.717, 1.165) is 42.5 Å². The van der Waals surface area contributed by atoms with Crippen LogP contribution in [0.15, 0.2) is 18.2 Å². The largest absolute Gasteiger partial charge is 0.379 e. The van der Waals surface area contributed by atoms with Gasteiger partial charge in [0.25, 0.3) is 0 Å². The summed E-state index contributed by atoms with van der Waals surface area (Å²) in [4.78, 5) is 67.5. The van der Waals surface area contributed by atoms with Crippen molar-refractivity contribution >= 4 is 34.9 Å². The van der Waals surface area contributed by atoms with Crippen LogP contribution in [0.5, 0.6) is 0 Å². The topological polar surface area (TPSA) is 134 Å². The predicted molar refractivity (Wildman–Crippen MR) is 160 cm³/mol. The quantitative estimate of drug-likeness (QED) is 0.296. The van der Waals surface area contributed by atoms with Crippen LogP contribution in [0, 0.1) is 17.8 Å². The number of carbonyl (C=O) groups excluding carboxylic acids is 5. The molecular formula is C33H45N3O7. The summed E-state index contributed by atoms with van der Waals surface area (Å²) in [7, 11) is 0. The normalized spacial score (nSPS) is 24.1. The molecule has 2 amide bonds. The number of anilines is 1. The third kappa shape index (κ3) is 8.37. The molecule has 1 aromatic rings. The highest BCUT2D eigenvalue weighted by Crippen LogP contribution is 2.37. The maximum absolute atomic E-state index is 14.0. The molecule has 1 aromatic carbocycles. The molecule has 5 rings (SSSR count). The minimum absolute atomic E-state index is 0.0249. The third-order valence-electron chi connectivity index (χ3n) is 9.43. The summed E-state index contributed by atoms with van der Waals surface area (Å²) >= 11 is 0. The number of morpholine rings is 1. The predicted octanol–water partition coefficient (Wildman–Crippen LogP) is 2.65. The van der Waals surface area contributed by atoms with Crippen LogP contribution in [0.4, 0.5) is 5.69 Å². The Bertz CT molecular complexity index is 1230. The number of ketones is 3. The summed E-state index contributed by atoms with van der Waals surface area (Å²) in [6, 6.07) is 4.71. The first-order valence-electron chi connectivity index (χ1n) is 15.8. The van der Waals surface area contributed by atoms with E-state index in [2.05, 4.69) is 10.6 Å². The number of Topliss-reactive ketones (excluding diaryl/α,β-unsaturated/α-hetero) is 3. The number of rotatable bonds is 15. The first-order chi connectivity index (χ1) is 20.6. The number of epoxide rings is 1. The molecule has 10 nitrogen and oxygen atoms in total. The van der Waals surface area contributed by atoms with Gasteiger partial charge in [-0.2, -0.15) is 0 Å². The molecule has 1 saturated carbocycles. The number of carbonyl (C=O) groups is 5. The van der Waals surface area contributed by atoms with E-state index < -0.39 is 23.5 Å². The lowest BCUT2D eigenvalue weighted by atomic mass is 9.81. The number of nitrogens with zero attached hydrogens (tertiary/aromatic N) is 1. The molecule has 0 spiro atoms. The third-order valence-corrected chi connectivity index (χ3v) is 9.43. The SMILES string of the molecule is CC(CC(=O)CN1CCOCC1)C(=O)NC(Cc1ccc2c(c1)CC(=O)N2)C(=O)CC(CC1CCCC1)C(=O)C1(C)CO1. The van der Waals surface area contributed by atoms with E-state index in [1.54, 1.807) is 13.8 Å². The smallest absolute Gasteiger partial charge is 0.228 e. The van der Waals surface area contributed by atoms with Crippen LogP contribution in [0.2, 0.25) is 0 Å². The average Bonchev–Trinajstić information content (AvgIpc) is 3.34. The number of benzene rings is 1. The van der Waals surface area contributed by atoms with Crippen molar-refractivity contribution in [3.63, 3.8) is 0 Å². The zero-order valence-corrected chi connectivity index (χ0v) is 25.5. The first kappa shape index (κ1) is 31.5. The van der Waals surface area contributed by atoms with Gasteiger partial charge in [-0.3, -0.25) is 28.9 Å². The van der Waals surface area contributed by atoms with Gasteiger partial charge in [-0.1, -0.05) is 44.7 Å². The van der Waals surface area contributed by atoms with Gasteiger partial charge in [0.1, 0.15) is 11.4 Å². The van der Waals surface area contributed by atoms with Crippen LogP contribution in [-0.4, -0.2) is 85.2 Å². The van der Waals surface area contributed by atoms with Crippen LogP contribution in [0.25, 0.3) is 0 Å². The number of hydrogen-bond donors (Lipinski definition) is 2. The fourth-order valence-corrected chi connectivity index (χ4v) is 6.71. The molecule has 3 aliphatic heterocycles. The van der Waals surface area contributed by atoms with E-state index in [4.69, 9.17) is 9.47 Å². The number of ether oxygens (including phenoxy) is 2. The monoisotopic (exact) mass is 595 g/mol. The van der Waals surface area contributed by atoms with Gasteiger partial charge in [-0.15, -0.1) is 0 Å². The molecule has 4 aliphatic rings. The van der Waals surface area contributed by atoms with E-state index in [9.17, 15) is 24.0 Å². The molecule has 2 N–H and O–H groups in total. The van der Waals surface area contributed by atoms with Gasteiger partial charge in [0.15, 0.2) is 11.6 Å². The summed E-state index contributed by atoms with van der Waals surface area (Å²) in [5.41, 5.74) is 1.61. The van der Waals surface area contributed by atoms with Crippen molar-refractivity contribution in [1.82, 2.24) is 10.2 Å². The number of hydrogen-bond acceptors (Lipinski definition) is 8. The van der Waals surface area contributed by atoms with Gasteiger partial charge < -0.3 is 20.1 Å². The van der Waals surface area contributed by atoms with Gasteiger partial charge in [0.2, 0.25) is 11.8 Å². The van der Waals surface area contributed by atoms with E-state index >= 15 is 0 Å². The molecule has 3 fully saturated rings. The Kier molecular flexibility index (Phi) is 10.1. The molecule has 234 valence electrons. The molecule has 3 heterocycles. The van der Waals surface area contributed by atoms with Crippen molar-refractivity contribution in [2.45, 2.75) is 83.3 Å².